The van der Waals surface area contributed by atoms with Crippen LogP contribution in [0.3, 0.4) is 0 Å². The summed E-state index contributed by atoms with van der Waals surface area (Å²) in [6.45, 7) is 8.98. The number of carbonyl (C=O) groups is 3. The van der Waals surface area contributed by atoms with Crippen LogP contribution in [0.4, 0.5) is 0 Å². The molecule has 0 spiro atoms. The van der Waals surface area contributed by atoms with Gasteiger partial charge < -0.3 is 29.7 Å². The highest BCUT2D eigenvalue weighted by molar-refractivity contribution is 7.13. The molecule has 5 atom stereocenters. The molecule has 0 radical (unpaired) electrons. The number of methoxy groups -OCH3 is 1. The predicted molar refractivity (Wildman–Crippen MR) is 213 cm³/mol. The molecule has 55 heavy (non-hydrogen) atoms. The number of benzene rings is 2. The number of aromatic nitrogens is 2. The monoisotopic (exact) mass is 765 g/mol. The van der Waals surface area contributed by atoms with Gasteiger partial charge >= 0.3 is 0 Å². The Morgan fingerprint density at radius 3 is 2.71 bits per heavy atom. The van der Waals surface area contributed by atoms with Gasteiger partial charge in [0.15, 0.2) is 0 Å². The SMILES string of the molecule is COc1ccc2c(OC3CC4C(=O)NC5(C(=O)NCCc6ccccc6)CC5C=CCCCCOC(C)C(=O)N4C3)cc(-c3nc(C(C)C)cs3)nc2c1C. The zero-order valence-corrected chi connectivity index (χ0v) is 33.1. The van der Waals surface area contributed by atoms with Crippen LogP contribution in [-0.4, -0.2) is 83.2 Å². The number of allylic oxidation sites excluding steroid dienone is 1. The van der Waals surface area contributed by atoms with E-state index in [4.69, 9.17) is 24.2 Å². The first-order chi connectivity index (χ1) is 26.6. The topological polar surface area (TPSA) is 132 Å². The van der Waals surface area contributed by atoms with Gasteiger partial charge in [0, 0.05) is 47.9 Å². The van der Waals surface area contributed by atoms with Crippen LogP contribution in [0.25, 0.3) is 21.6 Å². The number of hydrogen-bond donors (Lipinski definition) is 2. The van der Waals surface area contributed by atoms with Gasteiger partial charge in [0.2, 0.25) is 11.8 Å². The Bertz CT molecular complexity index is 2070. The highest BCUT2D eigenvalue weighted by atomic mass is 32.1. The first-order valence-electron chi connectivity index (χ1n) is 19.4. The minimum Gasteiger partial charge on any atom is -0.496 e. The van der Waals surface area contributed by atoms with E-state index in [1.165, 1.54) is 11.3 Å². The fraction of sp³-hybridized carbons (Fsp3) is 0.465. The molecule has 1 saturated heterocycles. The van der Waals surface area contributed by atoms with Crippen LogP contribution < -0.4 is 20.1 Å². The normalized spacial score (nSPS) is 24.4. The zero-order chi connectivity index (χ0) is 38.7. The highest BCUT2D eigenvalue weighted by Gasteiger charge is 2.60. The summed E-state index contributed by atoms with van der Waals surface area (Å²) in [6, 6.07) is 14.8. The van der Waals surface area contributed by atoms with Crippen molar-refractivity contribution in [3.63, 3.8) is 0 Å². The van der Waals surface area contributed by atoms with Gasteiger partial charge in [-0.3, -0.25) is 14.4 Å². The van der Waals surface area contributed by atoms with Crippen LogP contribution in [0.2, 0.25) is 0 Å². The molecule has 1 aliphatic carbocycles. The van der Waals surface area contributed by atoms with E-state index in [1.807, 2.05) is 55.5 Å². The lowest BCUT2D eigenvalue weighted by Gasteiger charge is -2.28. The van der Waals surface area contributed by atoms with Crippen molar-refractivity contribution >= 4 is 40.0 Å². The van der Waals surface area contributed by atoms with Gasteiger partial charge in [-0.25, -0.2) is 9.97 Å². The Kier molecular flexibility index (Phi) is 11.5. The maximum atomic E-state index is 14.4. The van der Waals surface area contributed by atoms with Gasteiger partial charge in [-0.15, -0.1) is 11.3 Å². The molecule has 2 N–H and O–H groups in total. The van der Waals surface area contributed by atoms with Gasteiger partial charge in [-0.2, -0.15) is 0 Å². The third kappa shape index (κ3) is 8.26. The van der Waals surface area contributed by atoms with Gasteiger partial charge in [0.1, 0.15) is 46.0 Å². The number of carbonyl (C=O) groups excluding carboxylic acids is 3. The van der Waals surface area contributed by atoms with E-state index in [2.05, 4.69) is 42.0 Å². The second-order valence-corrected chi connectivity index (χ2v) is 16.1. The van der Waals surface area contributed by atoms with Crippen molar-refractivity contribution in [1.29, 1.82) is 0 Å². The van der Waals surface area contributed by atoms with Crippen molar-refractivity contribution in [2.24, 2.45) is 5.92 Å². The number of nitrogens with zero attached hydrogens (tertiary/aromatic N) is 3. The van der Waals surface area contributed by atoms with Crippen LogP contribution in [0.15, 0.2) is 66.1 Å². The smallest absolute Gasteiger partial charge is 0.252 e. The number of fused-ring (bicyclic) bond motifs is 3. The molecule has 4 heterocycles. The molecule has 2 fully saturated rings. The number of thiazole rings is 1. The number of amides is 3. The van der Waals surface area contributed by atoms with E-state index in [0.717, 1.165) is 52.0 Å². The molecule has 4 aromatic rings. The van der Waals surface area contributed by atoms with E-state index in [1.54, 1.807) is 18.9 Å². The van der Waals surface area contributed by atoms with Crippen molar-refractivity contribution in [3.05, 3.63) is 82.9 Å². The molecule has 3 aliphatic rings. The van der Waals surface area contributed by atoms with E-state index < -0.39 is 23.8 Å². The Morgan fingerprint density at radius 2 is 1.95 bits per heavy atom. The van der Waals surface area contributed by atoms with Gasteiger partial charge in [-0.05, 0) is 69.6 Å². The maximum Gasteiger partial charge on any atom is 0.252 e. The van der Waals surface area contributed by atoms with Crippen LogP contribution in [0.5, 0.6) is 11.5 Å². The summed E-state index contributed by atoms with van der Waals surface area (Å²) in [4.78, 5) is 53.8. The summed E-state index contributed by atoms with van der Waals surface area (Å²) in [6.07, 6.45) is 6.80. The number of pyridine rings is 1. The Morgan fingerprint density at radius 1 is 1.13 bits per heavy atom. The van der Waals surface area contributed by atoms with E-state index in [-0.39, 0.29) is 42.5 Å². The molecular formula is C43H51N5O6S. The number of ether oxygens (including phenoxy) is 3. The second kappa shape index (κ2) is 16.5. The second-order valence-electron chi connectivity index (χ2n) is 15.2. The van der Waals surface area contributed by atoms with Crippen molar-refractivity contribution in [1.82, 2.24) is 25.5 Å². The lowest BCUT2D eigenvalue weighted by Crippen LogP contribution is -2.56. The highest BCUT2D eigenvalue weighted by Crippen LogP contribution is 2.46. The molecule has 11 nitrogen and oxygen atoms in total. The Labute approximate surface area is 326 Å². The average Bonchev–Trinajstić information content (AvgIpc) is 3.47. The number of nitrogens with one attached hydrogen (secondary N) is 2. The number of hydrogen-bond acceptors (Lipinski definition) is 9. The molecule has 2 aliphatic heterocycles. The summed E-state index contributed by atoms with van der Waals surface area (Å²) in [5.74, 6) is 0.551. The van der Waals surface area contributed by atoms with Crippen molar-refractivity contribution < 1.29 is 28.6 Å². The van der Waals surface area contributed by atoms with E-state index in [0.29, 0.717) is 43.2 Å². The molecule has 7 rings (SSSR count). The standard InChI is InChI=1S/C43H51N5O6S/c1-26(2)34-25-55-40(46-34)33-22-37(32-16-17-36(52-5)27(3)38(32)45-33)54-31-21-35-39(49)47-43(42(51)44-19-18-29-13-9-8-10-14-29)23-30(43)15-11-6-7-12-20-53-28(4)41(50)48(35)24-31/h8-11,13-17,22,25-26,28,30-31,35H,6-7,12,18-21,23-24H2,1-5H3,(H,44,51)(H,47,49). The predicted octanol–water partition coefficient (Wildman–Crippen LogP) is 6.53. The number of aryl methyl sites for hydroxylation is 1. The van der Waals surface area contributed by atoms with Crippen molar-refractivity contribution in [2.75, 3.05) is 26.8 Å². The molecule has 290 valence electrons. The lowest BCUT2D eigenvalue weighted by atomic mass is 10.1. The zero-order valence-electron chi connectivity index (χ0n) is 32.3. The van der Waals surface area contributed by atoms with Crippen molar-refractivity contribution in [2.45, 2.75) is 95.9 Å². The molecule has 1 saturated carbocycles. The van der Waals surface area contributed by atoms with Crippen LogP contribution in [0, 0.1) is 12.8 Å². The first kappa shape index (κ1) is 38.5. The largest absolute Gasteiger partial charge is 0.496 e. The fourth-order valence-electron chi connectivity index (χ4n) is 7.63. The van der Waals surface area contributed by atoms with Gasteiger partial charge in [0.25, 0.3) is 5.91 Å². The Hall–Kier alpha value is -4.81. The third-order valence-corrected chi connectivity index (χ3v) is 11.9. The molecular weight excluding hydrogens is 715 g/mol. The summed E-state index contributed by atoms with van der Waals surface area (Å²) in [5.41, 5.74) is 3.29. The van der Waals surface area contributed by atoms with Gasteiger partial charge in [-0.1, -0.05) is 56.3 Å². The molecule has 12 heteroatoms. The minimum absolute atomic E-state index is 0.144. The van der Waals surface area contributed by atoms with Crippen molar-refractivity contribution in [3.8, 4) is 22.2 Å². The minimum atomic E-state index is -1.09. The first-order valence-corrected chi connectivity index (χ1v) is 20.3. The molecule has 3 amide bonds. The molecule has 5 unspecified atom stereocenters. The van der Waals surface area contributed by atoms with Crippen LogP contribution in [-0.2, 0) is 25.5 Å². The number of rotatable bonds is 9. The summed E-state index contributed by atoms with van der Waals surface area (Å²) >= 11 is 1.53. The molecule has 2 aromatic carbocycles. The lowest BCUT2D eigenvalue weighted by molar-refractivity contribution is -0.147. The average molecular weight is 766 g/mol. The molecule has 2 aromatic heterocycles. The Balaban J connectivity index is 1.17. The fourth-order valence-corrected chi connectivity index (χ4v) is 8.57. The quantitative estimate of drug-likeness (QED) is 0.184. The summed E-state index contributed by atoms with van der Waals surface area (Å²) < 4.78 is 18.4. The van der Waals surface area contributed by atoms with Crippen LogP contribution in [0.1, 0.15) is 75.6 Å². The molecule has 0 bridgehead atoms. The van der Waals surface area contributed by atoms with E-state index in [9.17, 15) is 14.4 Å². The summed E-state index contributed by atoms with van der Waals surface area (Å²) in [7, 11) is 1.63. The van der Waals surface area contributed by atoms with Crippen LogP contribution >= 0.6 is 11.3 Å². The summed E-state index contributed by atoms with van der Waals surface area (Å²) in [5, 5.41) is 9.85. The maximum absolute atomic E-state index is 14.4. The third-order valence-electron chi connectivity index (χ3n) is 11.0. The van der Waals surface area contributed by atoms with Gasteiger partial charge in [0.05, 0.1) is 24.9 Å². The van der Waals surface area contributed by atoms with E-state index >= 15 is 0 Å².